The van der Waals surface area contributed by atoms with E-state index in [1.807, 2.05) is 31.2 Å². The van der Waals surface area contributed by atoms with Crippen molar-refractivity contribution >= 4 is 21.3 Å². The van der Waals surface area contributed by atoms with Gasteiger partial charge in [0, 0.05) is 16.8 Å². The summed E-state index contributed by atoms with van der Waals surface area (Å²) in [6.07, 6.45) is 0. The maximum atomic E-state index is 13.8. The van der Waals surface area contributed by atoms with Crippen LogP contribution in [0, 0.1) is 17.0 Å². The molecule has 2 heterocycles. The maximum Gasteiger partial charge on any atom is 0.329 e. The molecule has 0 saturated heterocycles. The van der Waals surface area contributed by atoms with Crippen molar-refractivity contribution in [1.29, 1.82) is 0 Å². The lowest BCUT2D eigenvalue weighted by Crippen LogP contribution is -2.25. The number of nitro groups is 1. The Morgan fingerprint density at radius 2 is 1.66 bits per heavy atom. The predicted octanol–water partition coefficient (Wildman–Crippen LogP) is 5.46. The van der Waals surface area contributed by atoms with Gasteiger partial charge in [-0.15, -0.1) is 0 Å². The highest BCUT2D eigenvalue weighted by atomic mass is 32.2. The topological polar surface area (TPSA) is 105 Å². The maximum absolute atomic E-state index is 13.8. The highest BCUT2D eigenvalue weighted by Gasteiger charge is 2.43. The van der Waals surface area contributed by atoms with Crippen LogP contribution >= 0.6 is 0 Å². The molecule has 8 heteroatoms. The lowest BCUT2D eigenvalue weighted by molar-refractivity contribution is -0.388. The van der Waals surface area contributed by atoms with Crippen LogP contribution in [0.3, 0.4) is 0 Å². The number of para-hydroxylation sites is 1. The van der Waals surface area contributed by atoms with E-state index in [-0.39, 0.29) is 10.7 Å². The van der Waals surface area contributed by atoms with E-state index >= 15 is 0 Å². The van der Waals surface area contributed by atoms with Crippen LogP contribution in [0.2, 0.25) is 0 Å². The summed E-state index contributed by atoms with van der Waals surface area (Å²) in [6, 6.07) is 22.8. The monoisotopic (exact) mass is 445 g/mol. The van der Waals surface area contributed by atoms with Crippen molar-refractivity contribution in [3.8, 4) is 22.4 Å². The quantitative estimate of drug-likeness (QED) is 0.320. The van der Waals surface area contributed by atoms with Gasteiger partial charge in [-0.2, -0.15) is 0 Å². The van der Waals surface area contributed by atoms with Gasteiger partial charge < -0.3 is 15.4 Å². The minimum Gasteiger partial charge on any atom is -0.364 e. The lowest BCUT2D eigenvalue weighted by Gasteiger charge is -2.27. The van der Waals surface area contributed by atoms with Gasteiger partial charge in [0.1, 0.15) is 5.69 Å². The van der Waals surface area contributed by atoms with E-state index in [0.29, 0.717) is 33.6 Å². The molecule has 0 radical (unpaired) electrons. The molecule has 0 amide bonds. The van der Waals surface area contributed by atoms with Gasteiger partial charge in [-0.3, -0.25) is 0 Å². The second-order valence-corrected chi connectivity index (χ2v) is 9.72. The molecule has 1 aliphatic rings. The van der Waals surface area contributed by atoms with Gasteiger partial charge >= 0.3 is 5.82 Å². The number of sulfone groups is 1. The standard InChI is InChI=1S/C24H19N3O4S/c1-15-8-7-11-17(14-15)32(30,31)24-21-20(18-12-5-6-13-19(18)25-24)23(27(28)29)26-22(21)16-9-3-2-4-10-16/h2-14,24-26H,1H3. The number of anilines is 1. The molecule has 1 aliphatic heterocycles. The van der Waals surface area contributed by atoms with Gasteiger partial charge in [0.25, 0.3) is 0 Å². The Morgan fingerprint density at radius 3 is 2.38 bits per heavy atom. The number of benzene rings is 3. The number of aromatic nitrogens is 1. The zero-order valence-electron chi connectivity index (χ0n) is 17.1. The molecule has 1 atom stereocenters. The number of hydrogen-bond acceptors (Lipinski definition) is 5. The van der Waals surface area contributed by atoms with Crippen molar-refractivity contribution in [2.75, 3.05) is 5.32 Å². The lowest BCUT2D eigenvalue weighted by atomic mass is 9.94. The predicted molar refractivity (Wildman–Crippen MR) is 123 cm³/mol. The van der Waals surface area contributed by atoms with Crippen LogP contribution in [0.4, 0.5) is 11.5 Å². The fourth-order valence-electron chi connectivity index (χ4n) is 4.21. The molecule has 5 rings (SSSR count). The average molecular weight is 446 g/mol. The van der Waals surface area contributed by atoms with Crippen LogP contribution in [-0.4, -0.2) is 18.3 Å². The largest absolute Gasteiger partial charge is 0.364 e. The van der Waals surface area contributed by atoms with Crippen LogP contribution < -0.4 is 5.32 Å². The zero-order chi connectivity index (χ0) is 22.5. The minimum absolute atomic E-state index is 0.156. The van der Waals surface area contributed by atoms with Crippen molar-refractivity contribution in [2.24, 2.45) is 0 Å². The van der Waals surface area contributed by atoms with E-state index in [2.05, 4.69) is 10.3 Å². The number of nitrogens with zero attached hydrogens (tertiary/aromatic N) is 1. The normalized spacial score (nSPS) is 14.8. The molecule has 7 nitrogen and oxygen atoms in total. The number of aryl methyl sites for hydroxylation is 1. The van der Waals surface area contributed by atoms with Crippen LogP contribution in [-0.2, 0) is 9.84 Å². The first kappa shape index (κ1) is 20.0. The Balaban J connectivity index is 1.85. The van der Waals surface area contributed by atoms with Gasteiger partial charge in [-0.1, -0.05) is 60.7 Å². The molecule has 32 heavy (non-hydrogen) atoms. The summed E-state index contributed by atoms with van der Waals surface area (Å²) in [4.78, 5) is 14.6. The summed E-state index contributed by atoms with van der Waals surface area (Å²) in [7, 11) is -3.94. The molecule has 1 unspecified atom stereocenters. The van der Waals surface area contributed by atoms with Gasteiger partial charge in [0.2, 0.25) is 9.84 Å². The third kappa shape index (κ3) is 3.07. The highest BCUT2D eigenvalue weighted by molar-refractivity contribution is 7.91. The van der Waals surface area contributed by atoms with E-state index in [4.69, 9.17) is 0 Å². The summed E-state index contributed by atoms with van der Waals surface area (Å²) < 4.78 is 27.7. The summed E-state index contributed by atoms with van der Waals surface area (Å²) in [5.74, 6) is -0.225. The van der Waals surface area contributed by atoms with Gasteiger partial charge in [-0.25, -0.2) is 13.4 Å². The second kappa shape index (κ2) is 7.35. The highest BCUT2D eigenvalue weighted by Crippen LogP contribution is 2.51. The third-order valence-corrected chi connectivity index (χ3v) is 7.52. The molecule has 0 bridgehead atoms. The van der Waals surface area contributed by atoms with Crippen LogP contribution in [0.5, 0.6) is 0 Å². The van der Waals surface area contributed by atoms with Gasteiger partial charge in [-0.05, 0) is 35.6 Å². The first-order chi connectivity index (χ1) is 15.4. The van der Waals surface area contributed by atoms with Crippen LogP contribution in [0.1, 0.15) is 16.5 Å². The average Bonchev–Trinajstić information content (AvgIpc) is 3.20. The number of H-pyrrole nitrogens is 1. The molecule has 1 aromatic heterocycles. The molecular weight excluding hydrogens is 426 g/mol. The Morgan fingerprint density at radius 1 is 0.938 bits per heavy atom. The van der Waals surface area contributed by atoms with Gasteiger partial charge in [0.05, 0.1) is 16.0 Å². The second-order valence-electron chi connectivity index (χ2n) is 7.69. The Labute approximate surface area is 184 Å². The van der Waals surface area contributed by atoms with Crippen molar-refractivity contribution < 1.29 is 13.3 Å². The Kier molecular flexibility index (Phi) is 4.60. The van der Waals surface area contributed by atoms with E-state index in [0.717, 1.165) is 5.56 Å². The molecule has 4 aromatic rings. The fourth-order valence-corrected chi connectivity index (χ4v) is 5.93. The first-order valence-corrected chi connectivity index (χ1v) is 11.5. The van der Waals surface area contributed by atoms with Crippen LogP contribution in [0.15, 0.2) is 83.8 Å². The summed E-state index contributed by atoms with van der Waals surface area (Å²) in [5, 5.41) is 13.9. The van der Waals surface area contributed by atoms with E-state index in [9.17, 15) is 18.5 Å². The van der Waals surface area contributed by atoms with E-state index < -0.39 is 20.1 Å². The molecule has 0 aliphatic carbocycles. The fraction of sp³-hybridized carbons (Fsp3) is 0.0833. The Hall–Kier alpha value is -3.91. The summed E-state index contributed by atoms with van der Waals surface area (Å²) in [6.45, 7) is 1.82. The molecule has 0 saturated carbocycles. The number of fused-ring (bicyclic) bond motifs is 3. The van der Waals surface area contributed by atoms with E-state index in [1.54, 1.807) is 54.6 Å². The number of aromatic amines is 1. The SMILES string of the molecule is Cc1cccc(S(=O)(=O)C2Nc3ccccc3-c3c([N+](=O)[O-])[nH]c(-c4ccccc4)c32)c1. The first-order valence-electron chi connectivity index (χ1n) is 10.00. The number of rotatable bonds is 4. The third-order valence-electron chi connectivity index (χ3n) is 5.64. The number of nitrogens with one attached hydrogen (secondary N) is 2. The molecular formula is C24H19N3O4S. The van der Waals surface area contributed by atoms with Crippen molar-refractivity contribution in [2.45, 2.75) is 17.2 Å². The van der Waals surface area contributed by atoms with Gasteiger partial charge in [0.15, 0.2) is 5.37 Å². The number of hydrogen-bond donors (Lipinski definition) is 2. The van der Waals surface area contributed by atoms with Crippen molar-refractivity contribution in [1.82, 2.24) is 4.98 Å². The molecule has 0 fully saturated rings. The smallest absolute Gasteiger partial charge is 0.329 e. The zero-order valence-corrected chi connectivity index (χ0v) is 17.9. The molecule has 0 spiro atoms. The Bertz CT molecular complexity index is 1460. The summed E-state index contributed by atoms with van der Waals surface area (Å²) >= 11 is 0. The van der Waals surface area contributed by atoms with Crippen molar-refractivity contribution in [3.05, 3.63) is 100 Å². The summed E-state index contributed by atoms with van der Waals surface area (Å²) in [5.41, 5.74) is 3.66. The molecule has 160 valence electrons. The van der Waals surface area contributed by atoms with Crippen LogP contribution in [0.25, 0.3) is 22.4 Å². The molecule has 3 aromatic carbocycles. The molecule has 2 N–H and O–H groups in total. The van der Waals surface area contributed by atoms with E-state index in [1.165, 1.54) is 0 Å². The minimum atomic E-state index is -3.94. The van der Waals surface area contributed by atoms with Crippen molar-refractivity contribution in [3.63, 3.8) is 0 Å².